The van der Waals surface area contributed by atoms with E-state index in [2.05, 4.69) is 19.7 Å². The van der Waals surface area contributed by atoms with Gasteiger partial charge < -0.3 is 19.8 Å². The van der Waals surface area contributed by atoms with Crippen LogP contribution in [0.5, 0.6) is 0 Å². The third-order valence-electron chi connectivity index (χ3n) is 5.16. The molecule has 1 saturated carbocycles. The van der Waals surface area contributed by atoms with Crippen LogP contribution in [-0.2, 0) is 11.3 Å². The number of hydrogen-bond acceptors (Lipinski definition) is 5. The Balaban J connectivity index is 1.48. The lowest BCUT2D eigenvalue weighted by atomic mass is 9.95. The molecule has 0 atom stereocenters. The van der Waals surface area contributed by atoms with Gasteiger partial charge >= 0.3 is 0 Å². The van der Waals surface area contributed by atoms with Crippen molar-refractivity contribution in [2.75, 3.05) is 19.6 Å². The van der Waals surface area contributed by atoms with Crippen molar-refractivity contribution in [2.45, 2.75) is 50.6 Å². The first-order valence-electron chi connectivity index (χ1n) is 9.13. The van der Waals surface area contributed by atoms with Gasteiger partial charge in [-0.05, 0) is 25.7 Å². The maximum absolute atomic E-state index is 12.0. The minimum absolute atomic E-state index is 0.172. The highest BCUT2D eigenvalue weighted by Gasteiger charge is 2.34. The summed E-state index contributed by atoms with van der Waals surface area (Å²) in [5.41, 5.74) is 5.50. The van der Waals surface area contributed by atoms with Gasteiger partial charge in [0.05, 0.1) is 12.9 Å². The smallest absolute Gasteiger partial charge is 0.223 e. The van der Waals surface area contributed by atoms with Gasteiger partial charge in [-0.3, -0.25) is 4.79 Å². The van der Waals surface area contributed by atoms with Gasteiger partial charge in [0.15, 0.2) is 5.82 Å². The van der Waals surface area contributed by atoms with Crippen LogP contribution in [0.1, 0.15) is 55.7 Å². The van der Waals surface area contributed by atoms with Gasteiger partial charge in [0.2, 0.25) is 5.91 Å². The first-order chi connectivity index (χ1) is 12.3. The predicted molar refractivity (Wildman–Crippen MR) is 91.8 cm³/mol. The molecule has 1 aliphatic heterocycles. The molecule has 8 heteroatoms. The second-order valence-electron chi connectivity index (χ2n) is 7.00. The van der Waals surface area contributed by atoms with E-state index in [1.54, 1.807) is 6.20 Å². The molecule has 0 spiro atoms. The Morgan fingerprint density at radius 3 is 2.64 bits per heavy atom. The SMILES string of the molecule is NCCC(=O)N1CCC(c2nnc(Cn3ccnc3)n2C2CC2)CC1. The third kappa shape index (κ3) is 3.44. The zero-order valence-electron chi connectivity index (χ0n) is 14.4. The van der Waals surface area contributed by atoms with Gasteiger partial charge in [0.1, 0.15) is 5.82 Å². The number of nitrogens with zero attached hydrogens (tertiary/aromatic N) is 6. The van der Waals surface area contributed by atoms with Crippen molar-refractivity contribution >= 4 is 5.91 Å². The lowest BCUT2D eigenvalue weighted by Crippen LogP contribution is -2.39. The van der Waals surface area contributed by atoms with Crippen molar-refractivity contribution in [2.24, 2.45) is 5.73 Å². The van der Waals surface area contributed by atoms with Crippen LogP contribution in [0.25, 0.3) is 0 Å². The van der Waals surface area contributed by atoms with Crippen LogP contribution in [-0.4, -0.2) is 54.8 Å². The number of amides is 1. The molecular weight excluding hydrogens is 318 g/mol. The van der Waals surface area contributed by atoms with E-state index in [-0.39, 0.29) is 5.91 Å². The van der Waals surface area contributed by atoms with Crippen molar-refractivity contribution in [3.05, 3.63) is 30.4 Å². The average molecular weight is 343 g/mol. The number of aromatic nitrogens is 5. The van der Waals surface area contributed by atoms with E-state index in [9.17, 15) is 4.79 Å². The minimum atomic E-state index is 0.172. The summed E-state index contributed by atoms with van der Waals surface area (Å²) >= 11 is 0. The summed E-state index contributed by atoms with van der Waals surface area (Å²) in [7, 11) is 0. The zero-order valence-corrected chi connectivity index (χ0v) is 14.4. The van der Waals surface area contributed by atoms with Crippen LogP contribution in [0.3, 0.4) is 0 Å². The number of rotatable bonds is 6. The molecule has 25 heavy (non-hydrogen) atoms. The average Bonchev–Trinajstić information content (AvgIpc) is 3.17. The van der Waals surface area contributed by atoms with Crippen molar-refractivity contribution in [1.29, 1.82) is 0 Å². The zero-order chi connectivity index (χ0) is 17.2. The van der Waals surface area contributed by atoms with E-state index < -0.39 is 0 Å². The fraction of sp³-hybridized carbons (Fsp3) is 0.647. The molecule has 1 aliphatic carbocycles. The fourth-order valence-corrected chi connectivity index (χ4v) is 3.67. The molecule has 3 heterocycles. The molecule has 0 aromatic carbocycles. The molecule has 134 valence electrons. The summed E-state index contributed by atoms with van der Waals surface area (Å²) < 4.78 is 4.38. The van der Waals surface area contributed by atoms with Crippen LogP contribution in [0.2, 0.25) is 0 Å². The van der Waals surface area contributed by atoms with E-state index in [0.717, 1.165) is 37.6 Å². The van der Waals surface area contributed by atoms with E-state index in [1.165, 1.54) is 12.8 Å². The number of piperidine rings is 1. The van der Waals surface area contributed by atoms with Crippen LogP contribution < -0.4 is 5.73 Å². The van der Waals surface area contributed by atoms with Gasteiger partial charge in [-0.1, -0.05) is 0 Å². The van der Waals surface area contributed by atoms with Crippen LogP contribution in [0.15, 0.2) is 18.7 Å². The molecule has 0 unspecified atom stereocenters. The molecule has 4 rings (SSSR count). The van der Waals surface area contributed by atoms with Crippen LogP contribution in [0.4, 0.5) is 0 Å². The van der Waals surface area contributed by atoms with Crippen molar-refractivity contribution < 1.29 is 4.79 Å². The number of carbonyl (C=O) groups is 1. The Morgan fingerprint density at radius 1 is 1.20 bits per heavy atom. The quantitative estimate of drug-likeness (QED) is 0.841. The Bertz CT molecular complexity index is 711. The normalized spacial score (nSPS) is 18.7. The molecule has 2 aromatic rings. The molecule has 2 aliphatic rings. The maximum atomic E-state index is 12.0. The number of hydrogen-bond donors (Lipinski definition) is 1. The second kappa shape index (κ2) is 6.95. The Hall–Kier alpha value is -2.22. The standard InChI is InChI=1S/C17H25N7O/c18-6-3-16(25)23-8-4-13(5-9-23)17-21-20-15(24(17)14-1-2-14)11-22-10-7-19-12-22/h7,10,12-14H,1-6,8-9,11,18H2. The van der Waals surface area contributed by atoms with Gasteiger partial charge in [-0.25, -0.2) is 4.98 Å². The third-order valence-corrected chi connectivity index (χ3v) is 5.16. The summed E-state index contributed by atoms with van der Waals surface area (Å²) in [6.07, 6.45) is 10.3. The molecule has 2 fully saturated rings. The van der Waals surface area contributed by atoms with Crippen molar-refractivity contribution in [3.63, 3.8) is 0 Å². The summed E-state index contributed by atoms with van der Waals surface area (Å²) in [5, 5.41) is 9.02. The fourth-order valence-electron chi connectivity index (χ4n) is 3.67. The van der Waals surface area contributed by atoms with Crippen molar-refractivity contribution in [1.82, 2.24) is 29.2 Å². The predicted octanol–water partition coefficient (Wildman–Crippen LogP) is 0.913. The summed E-state index contributed by atoms with van der Waals surface area (Å²) in [5.74, 6) is 2.66. The van der Waals surface area contributed by atoms with E-state index in [0.29, 0.717) is 31.5 Å². The van der Waals surface area contributed by atoms with Gasteiger partial charge in [-0.2, -0.15) is 0 Å². The number of likely N-dealkylation sites (tertiary alicyclic amines) is 1. The molecule has 0 bridgehead atoms. The highest BCUT2D eigenvalue weighted by molar-refractivity contribution is 5.76. The lowest BCUT2D eigenvalue weighted by Gasteiger charge is -2.31. The largest absolute Gasteiger partial charge is 0.343 e. The molecule has 0 radical (unpaired) electrons. The first kappa shape index (κ1) is 16.3. The molecular formula is C17H25N7O. The van der Waals surface area contributed by atoms with Crippen LogP contribution >= 0.6 is 0 Å². The maximum Gasteiger partial charge on any atom is 0.223 e. The van der Waals surface area contributed by atoms with Gasteiger partial charge in [0, 0.05) is 50.4 Å². The molecule has 2 N–H and O–H groups in total. The molecule has 1 saturated heterocycles. The Labute approximate surface area is 147 Å². The second-order valence-corrected chi connectivity index (χ2v) is 7.00. The molecule has 1 amide bonds. The van der Waals surface area contributed by atoms with E-state index >= 15 is 0 Å². The van der Waals surface area contributed by atoms with E-state index in [1.807, 2.05) is 22.0 Å². The summed E-state index contributed by atoms with van der Waals surface area (Å²) in [6, 6.07) is 0.542. The van der Waals surface area contributed by atoms with Gasteiger partial charge in [-0.15, -0.1) is 10.2 Å². The Morgan fingerprint density at radius 2 is 2.00 bits per heavy atom. The highest BCUT2D eigenvalue weighted by Crippen LogP contribution is 2.40. The minimum Gasteiger partial charge on any atom is -0.343 e. The topological polar surface area (TPSA) is 94.9 Å². The summed E-state index contributed by atoms with van der Waals surface area (Å²) in [4.78, 5) is 18.1. The molecule has 2 aromatic heterocycles. The lowest BCUT2D eigenvalue weighted by molar-refractivity contribution is -0.132. The summed E-state index contributed by atoms with van der Waals surface area (Å²) in [6.45, 7) is 2.71. The number of carbonyl (C=O) groups excluding carboxylic acids is 1. The highest BCUT2D eigenvalue weighted by atomic mass is 16.2. The van der Waals surface area contributed by atoms with E-state index in [4.69, 9.17) is 5.73 Å². The van der Waals surface area contributed by atoms with Gasteiger partial charge in [0.25, 0.3) is 0 Å². The monoisotopic (exact) mass is 343 g/mol. The first-order valence-corrected chi connectivity index (χ1v) is 9.13. The van der Waals surface area contributed by atoms with Crippen LogP contribution in [0, 0.1) is 0 Å². The number of imidazole rings is 1. The Kier molecular flexibility index (Phi) is 4.52. The van der Waals surface area contributed by atoms with Crippen molar-refractivity contribution in [3.8, 4) is 0 Å². The number of nitrogens with two attached hydrogens (primary N) is 1. The molecule has 8 nitrogen and oxygen atoms in total.